The molecule has 0 atom stereocenters. The van der Waals surface area contributed by atoms with E-state index in [9.17, 15) is 0 Å². The van der Waals surface area contributed by atoms with Gasteiger partial charge in [-0.05, 0) is 23.3 Å². The average molecular weight is 355 g/mol. The van der Waals surface area contributed by atoms with Gasteiger partial charge in [0.25, 0.3) is 0 Å². The van der Waals surface area contributed by atoms with Gasteiger partial charge in [0.2, 0.25) is 5.52 Å². The Kier molecular flexibility index (Phi) is 4.80. The largest absolute Gasteiger partial charge is 0.398 e. The minimum Gasteiger partial charge on any atom is -0.398 e. The first-order valence-electron chi connectivity index (χ1n) is 6.47. The molecule has 0 spiro atoms. The number of anilines is 1. The third kappa shape index (κ3) is 2.94. The fourth-order valence-electron chi connectivity index (χ4n) is 2.36. The fraction of sp³-hybridized carbons (Fsp3) is 0.400. The average Bonchev–Trinajstić information content (AvgIpc) is 2.38. The van der Waals surface area contributed by atoms with Crippen molar-refractivity contribution in [3.63, 3.8) is 0 Å². The van der Waals surface area contributed by atoms with E-state index in [1.165, 1.54) is 34.9 Å². The predicted molar refractivity (Wildman–Crippen MR) is 86.0 cm³/mol. The minimum absolute atomic E-state index is 0.881. The lowest BCUT2D eigenvalue weighted by atomic mass is 10.1. The van der Waals surface area contributed by atoms with Gasteiger partial charge in [0.05, 0.1) is 11.1 Å². The van der Waals surface area contributed by atoms with Gasteiger partial charge in [-0.15, -0.1) is 0 Å². The van der Waals surface area contributed by atoms with E-state index < -0.39 is 0 Å². The van der Waals surface area contributed by atoms with Crippen molar-refractivity contribution in [2.45, 2.75) is 32.7 Å². The zero-order valence-electron chi connectivity index (χ0n) is 10.8. The molecule has 2 rings (SSSR count). The number of hydrogen-bond acceptors (Lipinski definition) is 1. The number of rotatable bonds is 5. The molecule has 0 radical (unpaired) electrons. The van der Waals surface area contributed by atoms with Crippen LogP contribution in [0.15, 0.2) is 30.3 Å². The number of alkyl halides is 1. The number of benzene rings is 1. The SMILES string of the molecule is Cc1cc(N)c2ccccc2[n+]1CCCCCI. The molecule has 0 aliphatic rings. The molecule has 0 aliphatic carbocycles. The highest BCUT2D eigenvalue weighted by atomic mass is 127. The maximum atomic E-state index is 6.09. The first kappa shape index (κ1) is 13.6. The summed E-state index contributed by atoms with van der Waals surface area (Å²) < 4.78 is 3.64. The summed E-state index contributed by atoms with van der Waals surface area (Å²) in [5.41, 5.74) is 9.47. The lowest BCUT2D eigenvalue weighted by Gasteiger charge is -2.07. The van der Waals surface area contributed by atoms with Gasteiger partial charge < -0.3 is 5.73 Å². The summed E-state index contributed by atoms with van der Waals surface area (Å²) in [6.07, 6.45) is 3.85. The van der Waals surface area contributed by atoms with Crippen LogP contribution in [0.25, 0.3) is 10.9 Å². The molecule has 0 fully saturated rings. The standard InChI is InChI=1S/C15H19IN2/c1-12-11-14(17)13-7-3-4-8-15(13)18(12)10-6-2-5-9-16/h3-4,7-8,11,17H,2,5-6,9-10H2,1H3/p+1. The molecule has 18 heavy (non-hydrogen) atoms. The first-order valence-corrected chi connectivity index (χ1v) is 8.00. The molecule has 1 aromatic carbocycles. The van der Waals surface area contributed by atoms with Crippen molar-refractivity contribution >= 4 is 39.2 Å². The Hall–Kier alpha value is -0.840. The molecule has 3 heteroatoms. The Labute approximate surface area is 122 Å². The van der Waals surface area contributed by atoms with Gasteiger partial charge in [-0.3, -0.25) is 0 Å². The van der Waals surface area contributed by atoms with Gasteiger partial charge in [0, 0.05) is 25.5 Å². The van der Waals surface area contributed by atoms with Crippen LogP contribution < -0.4 is 10.3 Å². The predicted octanol–water partition coefficient (Wildman–Crippen LogP) is 3.62. The van der Waals surface area contributed by atoms with E-state index in [1.807, 2.05) is 0 Å². The zero-order valence-corrected chi connectivity index (χ0v) is 13.0. The molecule has 0 bridgehead atoms. The van der Waals surface area contributed by atoms with Crippen molar-refractivity contribution in [2.24, 2.45) is 0 Å². The Morgan fingerprint density at radius 2 is 1.94 bits per heavy atom. The molecular formula is C15H20IN2+. The second-order valence-electron chi connectivity index (χ2n) is 4.66. The van der Waals surface area contributed by atoms with Crippen LogP contribution in [0.5, 0.6) is 0 Å². The lowest BCUT2D eigenvalue weighted by molar-refractivity contribution is -0.677. The van der Waals surface area contributed by atoms with Gasteiger partial charge in [-0.1, -0.05) is 34.7 Å². The maximum Gasteiger partial charge on any atom is 0.214 e. The molecule has 2 N–H and O–H groups in total. The van der Waals surface area contributed by atoms with E-state index >= 15 is 0 Å². The van der Waals surface area contributed by atoms with Crippen LogP contribution >= 0.6 is 22.6 Å². The number of pyridine rings is 1. The van der Waals surface area contributed by atoms with E-state index in [1.54, 1.807) is 0 Å². The number of nitrogens with two attached hydrogens (primary N) is 1. The maximum absolute atomic E-state index is 6.09. The highest BCUT2D eigenvalue weighted by Gasteiger charge is 2.14. The third-order valence-corrected chi connectivity index (χ3v) is 4.07. The summed E-state index contributed by atoms with van der Waals surface area (Å²) >= 11 is 2.44. The lowest BCUT2D eigenvalue weighted by Crippen LogP contribution is -2.38. The Morgan fingerprint density at radius 3 is 2.72 bits per heavy atom. The van der Waals surface area contributed by atoms with Gasteiger partial charge in [-0.25, -0.2) is 0 Å². The summed E-state index contributed by atoms with van der Waals surface area (Å²) in [7, 11) is 0. The summed E-state index contributed by atoms with van der Waals surface area (Å²) in [5, 5.41) is 1.16. The second kappa shape index (κ2) is 6.36. The van der Waals surface area contributed by atoms with E-state index in [-0.39, 0.29) is 0 Å². The van der Waals surface area contributed by atoms with Gasteiger partial charge in [0.15, 0.2) is 5.69 Å². The van der Waals surface area contributed by atoms with Crippen LogP contribution in [0.4, 0.5) is 5.69 Å². The number of aromatic nitrogens is 1. The number of para-hydroxylation sites is 1. The molecule has 0 saturated carbocycles. The van der Waals surface area contributed by atoms with Crippen molar-refractivity contribution in [3.8, 4) is 0 Å². The number of halogens is 1. The van der Waals surface area contributed by atoms with Crippen LogP contribution in [-0.4, -0.2) is 4.43 Å². The summed E-state index contributed by atoms with van der Waals surface area (Å²) in [5.74, 6) is 0. The van der Waals surface area contributed by atoms with Crippen molar-refractivity contribution in [2.75, 3.05) is 10.2 Å². The summed E-state index contributed by atoms with van der Waals surface area (Å²) in [6, 6.07) is 10.5. The highest BCUT2D eigenvalue weighted by Crippen LogP contribution is 2.18. The second-order valence-corrected chi connectivity index (χ2v) is 5.74. The molecule has 96 valence electrons. The molecule has 1 heterocycles. The van der Waals surface area contributed by atoms with Gasteiger partial charge in [0.1, 0.15) is 6.54 Å². The fourth-order valence-corrected chi connectivity index (χ4v) is 2.90. The number of fused-ring (bicyclic) bond motifs is 1. The van der Waals surface area contributed by atoms with Crippen LogP contribution in [0.2, 0.25) is 0 Å². The topological polar surface area (TPSA) is 29.9 Å². The van der Waals surface area contributed by atoms with Crippen molar-refractivity contribution in [3.05, 3.63) is 36.0 Å². The first-order chi connectivity index (χ1) is 8.74. The Morgan fingerprint density at radius 1 is 1.17 bits per heavy atom. The van der Waals surface area contributed by atoms with E-state index in [2.05, 4.69) is 64.4 Å². The van der Waals surface area contributed by atoms with Crippen molar-refractivity contribution < 1.29 is 4.57 Å². The Balaban J connectivity index is 2.31. The number of nitrogen functional groups attached to an aromatic ring is 1. The van der Waals surface area contributed by atoms with E-state index in [4.69, 9.17) is 5.73 Å². The number of aryl methyl sites for hydroxylation is 2. The number of unbranched alkanes of at least 4 members (excludes halogenated alkanes) is 2. The quantitative estimate of drug-likeness (QED) is 0.378. The smallest absolute Gasteiger partial charge is 0.214 e. The van der Waals surface area contributed by atoms with Crippen LogP contribution in [0.1, 0.15) is 25.0 Å². The number of hydrogen-bond donors (Lipinski definition) is 1. The molecule has 0 saturated heterocycles. The molecule has 2 nitrogen and oxygen atoms in total. The van der Waals surface area contributed by atoms with E-state index in [0.29, 0.717) is 0 Å². The van der Waals surface area contributed by atoms with Gasteiger partial charge >= 0.3 is 0 Å². The summed E-state index contributed by atoms with van der Waals surface area (Å²) in [6.45, 7) is 3.23. The minimum atomic E-state index is 0.881. The summed E-state index contributed by atoms with van der Waals surface area (Å²) in [4.78, 5) is 0. The number of nitrogens with zero attached hydrogens (tertiary/aromatic N) is 1. The van der Waals surface area contributed by atoms with Crippen molar-refractivity contribution in [1.82, 2.24) is 0 Å². The Bertz CT molecular complexity index is 537. The van der Waals surface area contributed by atoms with Crippen LogP contribution in [0.3, 0.4) is 0 Å². The molecular weight excluding hydrogens is 335 g/mol. The molecule has 0 unspecified atom stereocenters. The zero-order chi connectivity index (χ0) is 13.0. The van der Waals surface area contributed by atoms with Crippen molar-refractivity contribution in [1.29, 1.82) is 0 Å². The molecule has 1 aromatic heterocycles. The monoisotopic (exact) mass is 355 g/mol. The molecule has 2 aromatic rings. The highest BCUT2D eigenvalue weighted by molar-refractivity contribution is 14.1. The van der Waals surface area contributed by atoms with Gasteiger partial charge in [-0.2, -0.15) is 4.57 Å². The van der Waals surface area contributed by atoms with E-state index in [0.717, 1.165) is 17.6 Å². The van der Waals surface area contributed by atoms with Crippen LogP contribution in [-0.2, 0) is 6.54 Å². The molecule has 0 amide bonds. The molecule has 0 aliphatic heterocycles. The normalized spacial score (nSPS) is 11.0. The third-order valence-electron chi connectivity index (χ3n) is 3.31. The van der Waals surface area contributed by atoms with Crippen LogP contribution in [0, 0.1) is 6.92 Å².